The predicted molar refractivity (Wildman–Crippen MR) is 57.8 cm³/mol. The van der Waals surface area contributed by atoms with Gasteiger partial charge in [-0.05, 0) is 24.1 Å². The highest BCUT2D eigenvalue weighted by atomic mass is 35.5. The van der Waals surface area contributed by atoms with Gasteiger partial charge in [0.15, 0.2) is 5.82 Å². The Balaban J connectivity index is 2.64. The van der Waals surface area contributed by atoms with Crippen LogP contribution >= 0.6 is 11.6 Å². The lowest BCUT2D eigenvalue weighted by molar-refractivity contribution is 0.993. The third-order valence-electron chi connectivity index (χ3n) is 2.01. The largest absolute Gasteiger partial charge is 0.349 e. The number of halogens is 1. The summed E-state index contributed by atoms with van der Waals surface area (Å²) in [6.07, 6.45) is 0. The molecule has 0 unspecified atom stereocenters. The van der Waals surface area contributed by atoms with E-state index in [0.717, 1.165) is 11.1 Å². The zero-order valence-electron chi connectivity index (χ0n) is 7.99. The van der Waals surface area contributed by atoms with Crippen LogP contribution < -0.4 is 5.69 Å². The van der Waals surface area contributed by atoms with Crippen LogP contribution in [0.25, 0.3) is 11.4 Å². The molecule has 0 aliphatic carbocycles. The molecule has 0 aliphatic heterocycles. The molecule has 0 bridgehead atoms. The fraction of sp³-hybridized carbons (Fsp3) is 0.100. The molecule has 5 heteroatoms. The molecular weight excluding hydrogens is 214 g/mol. The third kappa shape index (κ3) is 2.05. The second-order valence-corrected chi connectivity index (χ2v) is 3.44. The van der Waals surface area contributed by atoms with Crippen molar-refractivity contribution in [2.24, 2.45) is 0 Å². The highest BCUT2D eigenvalue weighted by molar-refractivity contribution is 6.28. The lowest BCUT2D eigenvalue weighted by atomic mass is 10.1. The summed E-state index contributed by atoms with van der Waals surface area (Å²) in [5.41, 5.74) is 1.32. The molecule has 15 heavy (non-hydrogen) atoms. The van der Waals surface area contributed by atoms with E-state index in [1.54, 1.807) is 0 Å². The molecule has 0 fully saturated rings. The minimum absolute atomic E-state index is 0.0493. The van der Waals surface area contributed by atoms with Crippen LogP contribution in [0.5, 0.6) is 0 Å². The van der Waals surface area contributed by atoms with E-state index < -0.39 is 5.69 Å². The van der Waals surface area contributed by atoms with Gasteiger partial charge >= 0.3 is 5.69 Å². The molecule has 0 aliphatic rings. The van der Waals surface area contributed by atoms with Crippen LogP contribution in [0.2, 0.25) is 5.28 Å². The molecule has 0 spiro atoms. The van der Waals surface area contributed by atoms with Gasteiger partial charge in [-0.1, -0.05) is 24.3 Å². The molecule has 76 valence electrons. The highest BCUT2D eigenvalue weighted by Crippen LogP contribution is 2.18. The van der Waals surface area contributed by atoms with Crippen molar-refractivity contribution in [2.75, 3.05) is 0 Å². The average molecular weight is 222 g/mol. The number of aryl methyl sites for hydroxylation is 1. The number of benzene rings is 1. The number of aromatic nitrogens is 3. The number of nitrogens with zero attached hydrogens (tertiary/aromatic N) is 2. The van der Waals surface area contributed by atoms with Crippen molar-refractivity contribution >= 4 is 11.6 Å². The van der Waals surface area contributed by atoms with Crippen LogP contribution in [0.4, 0.5) is 0 Å². The monoisotopic (exact) mass is 221 g/mol. The second-order valence-electron chi connectivity index (χ2n) is 3.08. The average Bonchev–Trinajstić information content (AvgIpc) is 2.16. The molecule has 0 atom stereocenters. The minimum Gasteiger partial charge on any atom is -0.280 e. The van der Waals surface area contributed by atoms with Crippen LogP contribution in [0.1, 0.15) is 5.56 Å². The topological polar surface area (TPSA) is 58.6 Å². The number of hydrogen-bond donors (Lipinski definition) is 1. The van der Waals surface area contributed by atoms with Crippen molar-refractivity contribution in [3.63, 3.8) is 0 Å². The van der Waals surface area contributed by atoms with Crippen LogP contribution in [-0.4, -0.2) is 15.0 Å². The first kappa shape index (κ1) is 9.86. The minimum atomic E-state index is -0.492. The fourth-order valence-corrected chi connectivity index (χ4v) is 1.46. The van der Waals surface area contributed by atoms with Gasteiger partial charge < -0.3 is 0 Å². The smallest absolute Gasteiger partial charge is 0.280 e. The molecule has 2 aromatic rings. The van der Waals surface area contributed by atoms with E-state index in [9.17, 15) is 4.79 Å². The number of hydrogen-bond acceptors (Lipinski definition) is 3. The van der Waals surface area contributed by atoms with Crippen molar-refractivity contribution in [3.05, 3.63) is 45.6 Å². The van der Waals surface area contributed by atoms with E-state index in [4.69, 9.17) is 11.6 Å². The van der Waals surface area contributed by atoms with Gasteiger partial charge in [-0.25, -0.2) is 4.79 Å². The lowest BCUT2D eigenvalue weighted by Gasteiger charge is -2.02. The second kappa shape index (κ2) is 3.82. The molecule has 4 nitrogen and oxygen atoms in total. The molecule has 0 radical (unpaired) electrons. The van der Waals surface area contributed by atoms with Gasteiger partial charge in [0.25, 0.3) is 0 Å². The van der Waals surface area contributed by atoms with Gasteiger partial charge in [-0.3, -0.25) is 4.98 Å². The zero-order chi connectivity index (χ0) is 10.8. The van der Waals surface area contributed by atoms with E-state index in [1.165, 1.54) is 0 Å². The predicted octanol–water partition coefficient (Wildman–Crippen LogP) is 1.79. The Kier molecular flexibility index (Phi) is 2.51. The summed E-state index contributed by atoms with van der Waals surface area (Å²) in [6, 6.07) is 7.54. The first-order valence-electron chi connectivity index (χ1n) is 4.36. The number of H-pyrrole nitrogens is 1. The maximum absolute atomic E-state index is 11.1. The van der Waals surface area contributed by atoms with Crippen LogP contribution in [0, 0.1) is 6.92 Å². The lowest BCUT2D eigenvalue weighted by Crippen LogP contribution is -2.13. The number of nitrogens with one attached hydrogen (secondary N) is 1. The van der Waals surface area contributed by atoms with Crippen molar-refractivity contribution < 1.29 is 0 Å². The number of aromatic amines is 1. The molecule has 2 rings (SSSR count). The highest BCUT2D eigenvalue weighted by Gasteiger charge is 2.06. The molecule has 1 N–H and O–H groups in total. The van der Waals surface area contributed by atoms with E-state index in [-0.39, 0.29) is 5.28 Å². The fourth-order valence-electron chi connectivity index (χ4n) is 1.30. The van der Waals surface area contributed by atoms with Gasteiger partial charge in [-0.15, -0.1) is 0 Å². The van der Waals surface area contributed by atoms with Crippen molar-refractivity contribution in [1.82, 2.24) is 15.0 Å². The Hall–Kier alpha value is -1.68. The Bertz CT molecular complexity index is 550. The molecule has 0 saturated carbocycles. The van der Waals surface area contributed by atoms with E-state index in [2.05, 4.69) is 15.0 Å². The third-order valence-corrected chi connectivity index (χ3v) is 2.19. The van der Waals surface area contributed by atoms with E-state index >= 15 is 0 Å². The van der Waals surface area contributed by atoms with Crippen molar-refractivity contribution in [3.8, 4) is 11.4 Å². The zero-order valence-corrected chi connectivity index (χ0v) is 8.75. The quantitative estimate of drug-likeness (QED) is 0.799. The first-order valence-corrected chi connectivity index (χ1v) is 4.74. The molecule has 1 aromatic heterocycles. The Morgan fingerprint density at radius 1 is 1.27 bits per heavy atom. The normalized spacial score (nSPS) is 10.3. The van der Waals surface area contributed by atoms with Gasteiger partial charge in [0.05, 0.1) is 0 Å². The van der Waals surface area contributed by atoms with Crippen molar-refractivity contribution in [2.45, 2.75) is 6.92 Å². The summed E-state index contributed by atoms with van der Waals surface area (Å²) in [5.74, 6) is 0.349. The first-order chi connectivity index (χ1) is 7.16. The van der Waals surface area contributed by atoms with Gasteiger partial charge in [0.1, 0.15) is 0 Å². The molecule has 0 amide bonds. The molecule has 1 heterocycles. The summed E-state index contributed by atoms with van der Waals surface area (Å²) >= 11 is 5.65. The summed E-state index contributed by atoms with van der Waals surface area (Å²) < 4.78 is 0. The van der Waals surface area contributed by atoms with Crippen LogP contribution in [0.15, 0.2) is 29.1 Å². The summed E-state index contributed by atoms with van der Waals surface area (Å²) in [6.45, 7) is 1.92. The molecular formula is C10H8ClN3O. The Morgan fingerprint density at radius 2 is 2.00 bits per heavy atom. The SMILES string of the molecule is Cc1ccccc1-c1nc(Cl)[nH]c(=O)n1. The van der Waals surface area contributed by atoms with Crippen LogP contribution in [-0.2, 0) is 0 Å². The molecule has 0 saturated heterocycles. The van der Waals surface area contributed by atoms with Gasteiger partial charge in [-0.2, -0.15) is 9.97 Å². The van der Waals surface area contributed by atoms with E-state index in [1.807, 2.05) is 31.2 Å². The van der Waals surface area contributed by atoms with Gasteiger partial charge in [0, 0.05) is 5.56 Å². The maximum Gasteiger partial charge on any atom is 0.349 e. The Labute approximate surface area is 91.0 Å². The summed E-state index contributed by atoms with van der Waals surface area (Å²) in [4.78, 5) is 21.1. The number of rotatable bonds is 1. The standard InChI is InChI=1S/C10H8ClN3O/c1-6-4-2-3-5-7(6)8-12-9(11)14-10(15)13-8/h2-5H,1H3,(H,12,13,14,15). The maximum atomic E-state index is 11.1. The van der Waals surface area contributed by atoms with Crippen LogP contribution in [0.3, 0.4) is 0 Å². The van der Waals surface area contributed by atoms with Gasteiger partial charge in [0.2, 0.25) is 5.28 Å². The van der Waals surface area contributed by atoms with E-state index in [0.29, 0.717) is 5.82 Å². The van der Waals surface area contributed by atoms with Crippen molar-refractivity contribution in [1.29, 1.82) is 0 Å². The Morgan fingerprint density at radius 3 is 2.67 bits per heavy atom. The molecule has 1 aromatic carbocycles. The summed E-state index contributed by atoms with van der Waals surface area (Å²) in [7, 11) is 0. The summed E-state index contributed by atoms with van der Waals surface area (Å²) in [5, 5.41) is 0.0493.